The van der Waals surface area contributed by atoms with Crippen molar-refractivity contribution in [1.82, 2.24) is 5.32 Å². The van der Waals surface area contributed by atoms with Crippen molar-refractivity contribution in [3.63, 3.8) is 0 Å². The van der Waals surface area contributed by atoms with Crippen LogP contribution in [-0.4, -0.2) is 21.0 Å². The zero-order chi connectivity index (χ0) is 16.7. The lowest BCUT2D eigenvalue weighted by molar-refractivity contribution is 0.252. The SMILES string of the molecule is NS(=O)(=O)Cc1cccc(NC(=O)NCCC2=CCCCC2)c1. The average Bonchev–Trinajstić information content (AvgIpc) is 2.47. The molecule has 1 aliphatic carbocycles. The minimum atomic E-state index is -3.58. The third kappa shape index (κ3) is 6.83. The first kappa shape index (κ1) is 17.5. The lowest BCUT2D eigenvalue weighted by Gasteiger charge is -2.13. The maximum absolute atomic E-state index is 11.9. The van der Waals surface area contributed by atoms with Gasteiger partial charge in [0.05, 0.1) is 5.75 Å². The van der Waals surface area contributed by atoms with E-state index in [1.807, 2.05) is 0 Å². The van der Waals surface area contributed by atoms with Gasteiger partial charge in [0.25, 0.3) is 0 Å². The predicted octanol–water partition coefficient (Wildman–Crippen LogP) is 2.49. The molecule has 1 aliphatic rings. The van der Waals surface area contributed by atoms with E-state index < -0.39 is 10.0 Å². The van der Waals surface area contributed by atoms with Gasteiger partial charge < -0.3 is 10.6 Å². The van der Waals surface area contributed by atoms with Gasteiger partial charge in [0.15, 0.2) is 0 Å². The van der Waals surface area contributed by atoms with Crippen LogP contribution in [0.5, 0.6) is 0 Å². The van der Waals surface area contributed by atoms with Crippen LogP contribution in [0.25, 0.3) is 0 Å². The molecular weight excluding hydrogens is 314 g/mol. The van der Waals surface area contributed by atoms with Crippen molar-refractivity contribution >= 4 is 21.7 Å². The monoisotopic (exact) mass is 337 g/mol. The van der Waals surface area contributed by atoms with Gasteiger partial charge in [-0.3, -0.25) is 0 Å². The second-order valence-electron chi connectivity index (χ2n) is 5.75. The molecule has 0 bridgehead atoms. The number of anilines is 1. The van der Waals surface area contributed by atoms with Gasteiger partial charge in [-0.05, 0) is 49.8 Å². The summed E-state index contributed by atoms with van der Waals surface area (Å²) in [6.45, 7) is 0.592. The number of nitrogens with two attached hydrogens (primary N) is 1. The van der Waals surface area contributed by atoms with Gasteiger partial charge in [0, 0.05) is 12.2 Å². The van der Waals surface area contributed by atoms with Crippen molar-refractivity contribution in [2.75, 3.05) is 11.9 Å². The molecule has 6 nitrogen and oxygen atoms in total. The lowest BCUT2D eigenvalue weighted by atomic mass is 9.97. The molecule has 0 radical (unpaired) electrons. The minimum absolute atomic E-state index is 0.252. The van der Waals surface area contributed by atoms with Crippen LogP contribution in [0.15, 0.2) is 35.9 Å². The Hall–Kier alpha value is -1.86. The summed E-state index contributed by atoms with van der Waals surface area (Å²) < 4.78 is 22.2. The first-order valence-electron chi connectivity index (χ1n) is 7.74. The standard InChI is InChI=1S/C16H23N3O3S/c17-23(21,22)12-14-7-4-8-15(11-14)19-16(20)18-10-9-13-5-2-1-3-6-13/h4-5,7-8,11H,1-3,6,9-10,12H2,(H2,17,21,22)(H2,18,19,20). The van der Waals surface area contributed by atoms with Crippen molar-refractivity contribution in [2.24, 2.45) is 5.14 Å². The molecular formula is C16H23N3O3S. The van der Waals surface area contributed by atoms with Crippen molar-refractivity contribution in [2.45, 2.75) is 37.9 Å². The Morgan fingerprint density at radius 3 is 2.78 bits per heavy atom. The van der Waals surface area contributed by atoms with E-state index >= 15 is 0 Å². The number of hydrogen-bond donors (Lipinski definition) is 3. The van der Waals surface area contributed by atoms with E-state index in [1.54, 1.807) is 24.3 Å². The Morgan fingerprint density at radius 1 is 1.26 bits per heavy atom. The van der Waals surface area contributed by atoms with Crippen LogP contribution in [0.3, 0.4) is 0 Å². The minimum Gasteiger partial charge on any atom is -0.338 e. The number of carbonyl (C=O) groups is 1. The second-order valence-corrected chi connectivity index (χ2v) is 7.36. The summed E-state index contributed by atoms with van der Waals surface area (Å²) in [7, 11) is -3.58. The summed E-state index contributed by atoms with van der Waals surface area (Å²) in [5, 5.41) is 10.5. The number of rotatable bonds is 6. The van der Waals surface area contributed by atoms with Crippen LogP contribution in [0, 0.1) is 0 Å². The third-order valence-corrected chi connectivity index (χ3v) is 4.41. The average molecular weight is 337 g/mol. The fourth-order valence-electron chi connectivity index (χ4n) is 2.61. The van der Waals surface area contributed by atoms with Gasteiger partial charge in [-0.15, -0.1) is 0 Å². The first-order valence-corrected chi connectivity index (χ1v) is 9.46. The molecule has 126 valence electrons. The van der Waals surface area contributed by atoms with Gasteiger partial charge in [0.1, 0.15) is 0 Å². The molecule has 2 amide bonds. The Balaban J connectivity index is 1.80. The number of sulfonamides is 1. The highest BCUT2D eigenvalue weighted by Gasteiger charge is 2.08. The number of hydrogen-bond acceptors (Lipinski definition) is 3. The van der Waals surface area contributed by atoms with Crippen molar-refractivity contribution in [3.05, 3.63) is 41.5 Å². The summed E-state index contributed by atoms with van der Waals surface area (Å²) in [4.78, 5) is 11.9. The number of amides is 2. The number of urea groups is 1. The molecule has 0 fully saturated rings. The van der Waals surface area contributed by atoms with E-state index in [2.05, 4.69) is 16.7 Å². The smallest absolute Gasteiger partial charge is 0.319 e. The van der Waals surface area contributed by atoms with Gasteiger partial charge >= 0.3 is 6.03 Å². The Labute approximate surface area is 137 Å². The Morgan fingerprint density at radius 2 is 2.09 bits per heavy atom. The molecule has 0 heterocycles. The molecule has 0 aromatic heterocycles. The summed E-state index contributed by atoms with van der Waals surface area (Å²) in [5.74, 6) is -0.252. The molecule has 0 spiro atoms. The summed E-state index contributed by atoms with van der Waals surface area (Å²) in [5.41, 5.74) is 2.49. The number of carbonyl (C=O) groups excluding carboxylic acids is 1. The topological polar surface area (TPSA) is 101 Å². The van der Waals surface area contributed by atoms with E-state index in [0.717, 1.165) is 19.3 Å². The van der Waals surface area contributed by atoms with Gasteiger partial charge in [-0.2, -0.15) is 0 Å². The fraction of sp³-hybridized carbons (Fsp3) is 0.438. The van der Waals surface area contributed by atoms with Gasteiger partial charge in [-0.25, -0.2) is 18.4 Å². The van der Waals surface area contributed by atoms with Gasteiger partial charge in [-0.1, -0.05) is 23.8 Å². The zero-order valence-corrected chi connectivity index (χ0v) is 13.9. The molecule has 0 unspecified atom stereocenters. The Kier molecular flexibility index (Phi) is 6.18. The maximum Gasteiger partial charge on any atom is 0.319 e. The summed E-state index contributed by atoms with van der Waals surface area (Å²) in [6.07, 6.45) is 7.89. The molecule has 1 aromatic carbocycles. The molecule has 4 N–H and O–H groups in total. The highest BCUT2D eigenvalue weighted by molar-refractivity contribution is 7.88. The van der Waals surface area contributed by atoms with E-state index in [0.29, 0.717) is 17.8 Å². The van der Waals surface area contributed by atoms with Crippen LogP contribution in [0.1, 0.15) is 37.7 Å². The number of primary sulfonamides is 1. The van der Waals surface area contributed by atoms with E-state index in [4.69, 9.17) is 5.14 Å². The van der Waals surface area contributed by atoms with Crippen LogP contribution >= 0.6 is 0 Å². The number of nitrogens with one attached hydrogen (secondary N) is 2. The van der Waals surface area contributed by atoms with E-state index in [1.165, 1.54) is 18.4 Å². The van der Waals surface area contributed by atoms with Gasteiger partial charge in [0.2, 0.25) is 10.0 Å². The second kappa shape index (κ2) is 8.12. The van der Waals surface area contributed by atoms with Crippen LogP contribution < -0.4 is 15.8 Å². The summed E-state index contributed by atoms with van der Waals surface area (Å²) >= 11 is 0. The highest BCUT2D eigenvalue weighted by atomic mass is 32.2. The highest BCUT2D eigenvalue weighted by Crippen LogP contribution is 2.19. The molecule has 2 rings (SSSR count). The van der Waals surface area contributed by atoms with Crippen molar-refractivity contribution < 1.29 is 13.2 Å². The Bertz CT molecular complexity index is 684. The van der Waals surface area contributed by atoms with E-state index in [9.17, 15) is 13.2 Å². The van der Waals surface area contributed by atoms with Crippen molar-refractivity contribution in [3.8, 4) is 0 Å². The largest absolute Gasteiger partial charge is 0.338 e. The normalized spacial score (nSPS) is 14.9. The summed E-state index contributed by atoms with van der Waals surface area (Å²) in [6, 6.07) is 6.35. The quantitative estimate of drug-likeness (QED) is 0.695. The van der Waals surface area contributed by atoms with Crippen LogP contribution in [0.2, 0.25) is 0 Å². The molecule has 0 atom stereocenters. The first-order chi connectivity index (χ1) is 10.9. The van der Waals surface area contributed by atoms with Crippen LogP contribution in [0.4, 0.5) is 10.5 Å². The third-order valence-electron chi connectivity index (χ3n) is 3.67. The maximum atomic E-state index is 11.9. The zero-order valence-electron chi connectivity index (χ0n) is 13.0. The lowest BCUT2D eigenvalue weighted by Crippen LogP contribution is -2.29. The predicted molar refractivity (Wildman–Crippen MR) is 91.4 cm³/mol. The van der Waals surface area contributed by atoms with E-state index in [-0.39, 0.29) is 11.8 Å². The number of benzene rings is 1. The number of allylic oxidation sites excluding steroid dienone is 1. The molecule has 0 saturated heterocycles. The fourth-order valence-corrected chi connectivity index (χ4v) is 3.26. The molecule has 0 aliphatic heterocycles. The molecule has 1 aromatic rings. The molecule has 23 heavy (non-hydrogen) atoms. The molecule has 7 heteroatoms. The molecule has 0 saturated carbocycles. The van der Waals surface area contributed by atoms with Crippen molar-refractivity contribution in [1.29, 1.82) is 0 Å². The van der Waals surface area contributed by atoms with Crippen LogP contribution in [-0.2, 0) is 15.8 Å².